The number of rotatable bonds is 4. The quantitative estimate of drug-likeness (QED) is 0.413. The van der Waals surface area contributed by atoms with Crippen molar-refractivity contribution in [3.8, 4) is 0 Å². The predicted molar refractivity (Wildman–Crippen MR) is 83.5 cm³/mol. The molecule has 0 saturated carbocycles. The van der Waals surface area contributed by atoms with Crippen LogP contribution in [0.15, 0.2) is 32.7 Å². The number of nitrogens with one attached hydrogen (secondary N) is 1. The van der Waals surface area contributed by atoms with E-state index < -0.39 is 22.8 Å². The van der Waals surface area contributed by atoms with Crippen molar-refractivity contribution < 1.29 is 18.6 Å². The molecule has 120 valence electrons. The zero-order valence-corrected chi connectivity index (χ0v) is 14.3. The molecule has 3 N–H and O–H groups in total. The number of nitrogens with zero attached hydrogens (tertiary/aromatic N) is 3. The first-order chi connectivity index (χ1) is 10.3. The number of esters is 1. The fraction of sp³-hybridized carbons (Fsp3) is 0.417. The fourth-order valence-corrected chi connectivity index (χ4v) is 4.72. The molecule has 1 heterocycles. The van der Waals surface area contributed by atoms with Gasteiger partial charge in [-0.05, 0) is 30.7 Å². The van der Waals surface area contributed by atoms with Gasteiger partial charge >= 0.3 is 5.97 Å². The zero-order valence-electron chi connectivity index (χ0n) is 11.9. The van der Waals surface area contributed by atoms with Crippen LogP contribution in [0.3, 0.4) is 0 Å². The first-order valence-corrected chi connectivity index (χ1v) is 8.61. The van der Waals surface area contributed by atoms with Crippen LogP contribution < -0.4 is 4.91 Å². The third-order valence-electron chi connectivity index (χ3n) is 3.50. The molecule has 0 saturated heterocycles. The van der Waals surface area contributed by atoms with E-state index in [-0.39, 0.29) is 12.6 Å². The van der Waals surface area contributed by atoms with E-state index in [4.69, 9.17) is 5.53 Å². The minimum atomic E-state index is -3.23. The first kappa shape index (κ1) is 17.1. The number of fused-ring (bicyclic) bond motifs is 1. The molecule has 0 spiro atoms. The van der Waals surface area contributed by atoms with Crippen molar-refractivity contribution in [3.63, 3.8) is 0 Å². The van der Waals surface area contributed by atoms with Crippen LogP contribution in [0.25, 0.3) is 0 Å². The highest BCUT2D eigenvalue weighted by atomic mass is 79.9. The maximum absolute atomic E-state index is 11.7. The van der Waals surface area contributed by atoms with Gasteiger partial charge in [0.25, 0.3) is 0 Å². The molecule has 10 heteroatoms. The third kappa shape index (κ3) is 2.94. The Kier molecular flexibility index (Phi) is 5.00. The lowest BCUT2D eigenvalue weighted by Crippen LogP contribution is -2.36. The molecule has 8 nitrogen and oxygen atoms in total. The second-order valence-electron chi connectivity index (χ2n) is 4.73. The van der Waals surface area contributed by atoms with Crippen LogP contribution in [0.5, 0.6) is 0 Å². The standard InChI is InChI=1S/C12H15BrN4O4S/c1-7-9-5-8(13)3-4-11(9)22(19,20)17(7)6-10(15-16-14)12(18)21-2/h3-5,7,10,14H,6H2,1-2H3,(H-,19,20)/p+1. The van der Waals surface area contributed by atoms with Gasteiger partial charge < -0.3 is 4.74 Å². The predicted octanol–water partition coefficient (Wildman–Crippen LogP) is 2.94. The molecule has 1 aromatic carbocycles. The second kappa shape index (κ2) is 6.45. The third-order valence-corrected chi connectivity index (χ3v) is 6.07. The van der Waals surface area contributed by atoms with Crippen LogP contribution in [-0.4, -0.2) is 39.1 Å². The van der Waals surface area contributed by atoms with Crippen molar-refractivity contribution in [1.29, 1.82) is 5.53 Å². The van der Waals surface area contributed by atoms with Crippen molar-refractivity contribution in [2.75, 3.05) is 13.7 Å². The highest BCUT2D eigenvalue weighted by Gasteiger charge is 2.43. The average molecular weight is 392 g/mol. The average Bonchev–Trinajstić information content (AvgIpc) is 2.66. The number of methoxy groups -OCH3 is 1. The number of benzene rings is 1. The van der Waals surface area contributed by atoms with Gasteiger partial charge in [0, 0.05) is 4.47 Å². The molecule has 1 aliphatic heterocycles. The Hall–Kier alpha value is -1.29. The van der Waals surface area contributed by atoms with Gasteiger partial charge in [-0.1, -0.05) is 15.9 Å². The van der Waals surface area contributed by atoms with Crippen LogP contribution in [0.2, 0.25) is 0 Å². The summed E-state index contributed by atoms with van der Waals surface area (Å²) in [6, 6.07) is 3.77. The summed E-state index contributed by atoms with van der Waals surface area (Å²) in [5, 5.41) is 3.50. The molecule has 1 aromatic rings. The fourth-order valence-electron chi connectivity index (χ4n) is 2.39. The van der Waals surface area contributed by atoms with Crippen molar-refractivity contribution in [2.24, 2.45) is 5.11 Å². The molecule has 0 bridgehead atoms. The highest BCUT2D eigenvalue weighted by Crippen LogP contribution is 2.63. The van der Waals surface area contributed by atoms with Crippen molar-refractivity contribution in [3.05, 3.63) is 28.2 Å². The van der Waals surface area contributed by atoms with Crippen molar-refractivity contribution in [2.45, 2.75) is 23.9 Å². The van der Waals surface area contributed by atoms with E-state index in [9.17, 15) is 13.9 Å². The molecule has 0 fully saturated rings. The van der Waals surface area contributed by atoms with Gasteiger partial charge in [-0.25, -0.2) is 4.79 Å². The van der Waals surface area contributed by atoms with E-state index in [1.807, 2.05) is 6.07 Å². The summed E-state index contributed by atoms with van der Waals surface area (Å²) < 4.78 is 27.9. The Bertz CT molecular complexity index is 650. The van der Waals surface area contributed by atoms with Crippen LogP contribution in [-0.2, 0) is 9.53 Å². The minimum Gasteiger partial charge on any atom is -0.467 e. The van der Waals surface area contributed by atoms with E-state index in [2.05, 4.69) is 30.7 Å². The maximum Gasteiger partial charge on any atom is 0.339 e. The number of hydrogen-bond donors (Lipinski definition) is 3. The molecule has 0 aromatic heterocycles. The Balaban J connectivity index is 2.36. The molecule has 0 aliphatic carbocycles. The first-order valence-electron chi connectivity index (χ1n) is 6.31. The van der Waals surface area contributed by atoms with E-state index in [1.165, 1.54) is 11.4 Å². The topological polar surface area (TPSA) is 120 Å². The lowest BCUT2D eigenvalue weighted by atomic mass is 10.1. The van der Waals surface area contributed by atoms with Crippen molar-refractivity contribution in [1.82, 2.24) is 9.22 Å². The molecule has 0 amide bonds. The van der Waals surface area contributed by atoms with Crippen LogP contribution in [0.1, 0.15) is 18.5 Å². The highest BCUT2D eigenvalue weighted by molar-refractivity contribution is 9.10. The number of hydrogen-bond acceptors (Lipinski definition) is 7. The molecule has 2 unspecified atom stereocenters. The molecule has 2 atom stereocenters. The van der Waals surface area contributed by atoms with Gasteiger partial charge in [0.15, 0.2) is 0 Å². The smallest absolute Gasteiger partial charge is 0.339 e. The van der Waals surface area contributed by atoms with Crippen LogP contribution >= 0.6 is 26.7 Å². The summed E-state index contributed by atoms with van der Waals surface area (Å²) in [6.07, 6.45) is 0. The Morgan fingerprint density at radius 2 is 2.32 bits per heavy atom. The summed E-state index contributed by atoms with van der Waals surface area (Å²) in [6.45, 7) is 1.70. The van der Waals surface area contributed by atoms with Crippen LogP contribution in [0.4, 0.5) is 0 Å². The second-order valence-corrected chi connectivity index (χ2v) is 7.59. The van der Waals surface area contributed by atoms with Gasteiger partial charge in [0.1, 0.15) is 10.6 Å². The normalized spacial score (nSPS) is 22.3. The van der Waals surface area contributed by atoms with E-state index in [0.717, 1.165) is 10.0 Å². The van der Waals surface area contributed by atoms with Gasteiger partial charge in [-0.3, -0.25) is 9.11 Å². The van der Waals surface area contributed by atoms with E-state index in [1.54, 1.807) is 19.1 Å². The van der Waals surface area contributed by atoms with E-state index in [0.29, 0.717) is 4.90 Å². The zero-order chi connectivity index (χ0) is 16.5. The molecular formula is C12H16BrN4O4S+. The lowest BCUT2D eigenvalue weighted by molar-refractivity contribution is -0.142. The summed E-state index contributed by atoms with van der Waals surface area (Å²) in [7, 11) is -2.03. The van der Waals surface area contributed by atoms with Crippen molar-refractivity contribution >= 4 is 32.7 Å². The van der Waals surface area contributed by atoms with E-state index >= 15 is 0 Å². The maximum atomic E-state index is 11.7. The molecule has 2 rings (SSSR count). The van der Waals surface area contributed by atoms with Gasteiger partial charge in [0.05, 0.1) is 24.6 Å². The molecule has 22 heavy (non-hydrogen) atoms. The summed E-state index contributed by atoms with van der Waals surface area (Å²) in [5.41, 5.74) is 7.55. The Labute approximate surface area is 137 Å². The van der Waals surface area contributed by atoms with Gasteiger partial charge in [0.2, 0.25) is 11.0 Å². The summed E-state index contributed by atoms with van der Waals surface area (Å²) >= 11 is 3.36. The molecular weight excluding hydrogens is 376 g/mol. The lowest BCUT2D eigenvalue weighted by Gasteiger charge is -2.39. The van der Waals surface area contributed by atoms with Crippen LogP contribution in [0, 0.1) is 5.53 Å². The SMILES string of the molecule is COC(=O)C(CN1C(C)c2cc(Br)ccc2S1(O)O)N=[N+]=N. The number of ether oxygens (including phenoxy) is 1. The largest absolute Gasteiger partial charge is 0.467 e. The summed E-state index contributed by atoms with van der Waals surface area (Å²) in [5.74, 6) is -0.685. The number of halogens is 1. The Morgan fingerprint density at radius 3 is 2.91 bits per heavy atom. The van der Waals surface area contributed by atoms with Gasteiger partial charge in [-0.15, -0.1) is 10.8 Å². The number of carbonyl (C=O) groups excluding carboxylic acids is 1. The monoisotopic (exact) mass is 391 g/mol. The van der Waals surface area contributed by atoms with Gasteiger partial charge in [-0.2, -0.15) is 4.31 Å². The molecule has 0 radical (unpaired) electrons. The molecule has 1 aliphatic rings. The Morgan fingerprint density at radius 1 is 1.64 bits per heavy atom. The minimum absolute atomic E-state index is 0.106. The number of carbonyl (C=O) groups is 1. The summed E-state index contributed by atoms with van der Waals surface area (Å²) in [4.78, 5) is 15.0.